The maximum Gasteiger partial charge on any atom is 0.244 e. The normalized spacial score (nSPS) is 11.5. The van der Waals surface area contributed by atoms with Gasteiger partial charge in [0.2, 0.25) is 5.91 Å². The van der Waals surface area contributed by atoms with Crippen LogP contribution in [-0.2, 0) is 26.9 Å². The molecule has 4 aromatic rings. The molecule has 0 aliphatic heterocycles. The topological polar surface area (TPSA) is 68.2 Å². The van der Waals surface area contributed by atoms with Gasteiger partial charge in [-0.1, -0.05) is 48.5 Å². The van der Waals surface area contributed by atoms with E-state index in [0.29, 0.717) is 22.2 Å². The molecule has 1 N–H and O–H groups in total. The quantitative estimate of drug-likeness (QED) is 0.501. The monoisotopic (exact) mass is 422 g/mol. The molecule has 7 heteroatoms. The Hall–Kier alpha value is -3.45. The number of rotatable bonds is 6. The minimum atomic E-state index is -3.75. The van der Waals surface area contributed by atoms with Crippen molar-refractivity contribution in [2.45, 2.75) is 17.2 Å². The van der Waals surface area contributed by atoms with Crippen LogP contribution in [-0.4, -0.2) is 18.9 Å². The van der Waals surface area contributed by atoms with Crippen molar-refractivity contribution >= 4 is 32.3 Å². The summed E-state index contributed by atoms with van der Waals surface area (Å²) in [6.45, 7) is -0.0368. The number of anilines is 1. The highest BCUT2D eigenvalue weighted by molar-refractivity contribution is 7.90. The Labute approximate surface area is 173 Å². The van der Waals surface area contributed by atoms with Crippen molar-refractivity contribution < 1.29 is 17.6 Å². The van der Waals surface area contributed by atoms with Crippen molar-refractivity contribution in [1.29, 1.82) is 0 Å². The van der Waals surface area contributed by atoms with E-state index in [2.05, 4.69) is 5.32 Å². The van der Waals surface area contributed by atoms with Gasteiger partial charge in [0.1, 0.15) is 12.4 Å². The number of aromatic nitrogens is 1. The van der Waals surface area contributed by atoms with Crippen LogP contribution in [0.4, 0.5) is 10.1 Å². The Morgan fingerprint density at radius 3 is 2.43 bits per heavy atom. The molecule has 5 nitrogen and oxygen atoms in total. The Bertz CT molecular complexity index is 1310. The number of carbonyl (C=O) groups excluding carboxylic acids is 1. The number of sulfone groups is 1. The van der Waals surface area contributed by atoms with Gasteiger partial charge >= 0.3 is 0 Å². The Morgan fingerprint density at radius 2 is 1.67 bits per heavy atom. The van der Waals surface area contributed by atoms with Gasteiger partial charge in [0.25, 0.3) is 0 Å². The molecule has 0 atom stereocenters. The molecule has 1 aromatic heterocycles. The number of para-hydroxylation sites is 2. The first kappa shape index (κ1) is 19.8. The zero-order chi connectivity index (χ0) is 21.1. The van der Waals surface area contributed by atoms with Gasteiger partial charge in [0, 0.05) is 22.8 Å². The van der Waals surface area contributed by atoms with Crippen molar-refractivity contribution in [3.8, 4) is 0 Å². The van der Waals surface area contributed by atoms with E-state index in [1.54, 1.807) is 47.0 Å². The number of nitrogens with one attached hydrogen (secondary N) is 1. The lowest BCUT2D eigenvalue weighted by Gasteiger charge is -2.07. The van der Waals surface area contributed by atoms with Crippen LogP contribution in [0.3, 0.4) is 0 Å². The van der Waals surface area contributed by atoms with Gasteiger partial charge in [0.05, 0.1) is 10.6 Å². The highest BCUT2D eigenvalue weighted by Crippen LogP contribution is 2.28. The second-order valence-electron chi connectivity index (χ2n) is 6.94. The molecule has 0 saturated heterocycles. The molecular formula is C23H19FN2O3S. The summed E-state index contributed by atoms with van der Waals surface area (Å²) in [4.78, 5) is 12.6. The zero-order valence-electron chi connectivity index (χ0n) is 16.0. The van der Waals surface area contributed by atoms with Gasteiger partial charge in [-0.3, -0.25) is 4.79 Å². The summed E-state index contributed by atoms with van der Waals surface area (Å²) in [6, 6.07) is 21.6. The van der Waals surface area contributed by atoms with Crippen molar-refractivity contribution in [2.24, 2.45) is 0 Å². The van der Waals surface area contributed by atoms with Crippen molar-refractivity contribution in [1.82, 2.24) is 4.57 Å². The van der Waals surface area contributed by atoms with E-state index in [9.17, 15) is 17.6 Å². The van der Waals surface area contributed by atoms with E-state index < -0.39 is 15.7 Å². The van der Waals surface area contributed by atoms with Gasteiger partial charge in [-0.2, -0.15) is 0 Å². The fourth-order valence-electron chi connectivity index (χ4n) is 3.39. The average Bonchev–Trinajstić information content (AvgIpc) is 3.08. The Kier molecular flexibility index (Phi) is 5.37. The molecule has 152 valence electrons. The number of carbonyl (C=O) groups is 1. The smallest absolute Gasteiger partial charge is 0.244 e. The van der Waals surface area contributed by atoms with Crippen LogP contribution >= 0.6 is 0 Å². The number of nitrogens with zero attached hydrogens (tertiary/aromatic N) is 1. The third kappa shape index (κ3) is 4.26. The second-order valence-corrected chi connectivity index (χ2v) is 8.90. The van der Waals surface area contributed by atoms with Crippen molar-refractivity contribution in [2.75, 3.05) is 5.32 Å². The fraction of sp³-hybridized carbons (Fsp3) is 0.0870. The highest BCUT2D eigenvalue weighted by Gasteiger charge is 2.22. The summed E-state index contributed by atoms with van der Waals surface area (Å²) in [6.07, 6.45) is 1.48. The summed E-state index contributed by atoms with van der Waals surface area (Å²) in [5.74, 6) is -1.08. The molecule has 0 saturated carbocycles. The molecule has 0 unspecified atom stereocenters. The van der Waals surface area contributed by atoms with E-state index in [0.717, 1.165) is 0 Å². The molecule has 4 rings (SSSR count). The number of hydrogen-bond acceptors (Lipinski definition) is 3. The maximum absolute atomic E-state index is 13.5. The standard InChI is InChI=1S/C23H19FN2O3S/c24-18-8-6-7-17(13-18)16-30(28,29)22-14-26(21-12-5-4-11-20(21)22)15-23(27)25-19-9-2-1-3-10-19/h1-14H,15-16H2,(H,25,27). The lowest BCUT2D eigenvalue weighted by atomic mass is 10.2. The van der Waals surface area contributed by atoms with Crippen LogP contribution in [0.25, 0.3) is 10.9 Å². The first-order valence-electron chi connectivity index (χ1n) is 9.32. The predicted octanol–water partition coefficient (Wildman–Crippen LogP) is 4.39. The summed E-state index contributed by atoms with van der Waals surface area (Å²) >= 11 is 0. The molecule has 0 aliphatic carbocycles. The molecule has 3 aromatic carbocycles. The molecule has 30 heavy (non-hydrogen) atoms. The molecule has 0 spiro atoms. The average molecular weight is 422 g/mol. The van der Waals surface area contributed by atoms with E-state index in [-0.39, 0.29) is 23.1 Å². The minimum Gasteiger partial charge on any atom is -0.337 e. The lowest BCUT2D eigenvalue weighted by molar-refractivity contribution is -0.116. The number of benzene rings is 3. The molecule has 1 heterocycles. The fourth-order valence-corrected chi connectivity index (χ4v) is 4.96. The van der Waals surface area contributed by atoms with E-state index in [4.69, 9.17) is 0 Å². The maximum atomic E-state index is 13.5. The van der Waals surface area contributed by atoms with E-state index >= 15 is 0 Å². The third-order valence-electron chi connectivity index (χ3n) is 4.70. The molecule has 0 fully saturated rings. The summed E-state index contributed by atoms with van der Waals surface area (Å²) in [5, 5.41) is 3.33. The molecule has 0 aliphatic rings. The second kappa shape index (κ2) is 8.12. The van der Waals surface area contributed by atoms with Gasteiger partial charge < -0.3 is 9.88 Å². The van der Waals surface area contributed by atoms with Gasteiger partial charge in [-0.05, 0) is 35.9 Å². The summed E-state index contributed by atoms with van der Waals surface area (Å²) in [5.41, 5.74) is 1.67. The molecule has 0 bridgehead atoms. The van der Waals surface area contributed by atoms with Crippen LogP contribution in [0.15, 0.2) is 90.0 Å². The van der Waals surface area contributed by atoms with Gasteiger partial charge in [0.15, 0.2) is 9.84 Å². The minimum absolute atomic E-state index is 0.0368. The molecule has 1 amide bonds. The molecule has 0 radical (unpaired) electrons. The van der Waals surface area contributed by atoms with E-state index in [1.165, 1.54) is 24.4 Å². The Morgan fingerprint density at radius 1 is 0.933 bits per heavy atom. The van der Waals surface area contributed by atoms with Crippen LogP contribution < -0.4 is 5.32 Å². The number of fused-ring (bicyclic) bond motifs is 1. The third-order valence-corrected chi connectivity index (χ3v) is 6.41. The van der Waals surface area contributed by atoms with Crippen LogP contribution in [0, 0.1) is 5.82 Å². The number of halogens is 1. The Balaban J connectivity index is 1.66. The van der Waals surface area contributed by atoms with Crippen LogP contribution in [0.1, 0.15) is 5.56 Å². The van der Waals surface area contributed by atoms with Crippen molar-refractivity contribution in [3.63, 3.8) is 0 Å². The van der Waals surface area contributed by atoms with Crippen LogP contribution in [0.5, 0.6) is 0 Å². The zero-order valence-corrected chi connectivity index (χ0v) is 16.8. The first-order valence-corrected chi connectivity index (χ1v) is 11.0. The highest BCUT2D eigenvalue weighted by atomic mass is 32.2. The molecular weight excluding hydrogens is 403 g/mol. The van der Waals surface area contributed by atoms with Gasteiger partial charge in [-0.25, -0.2) is 12.8 Å². The first-order chi connectivity index (χ1) is 14.4. The van der Waals surface area contributed by atoms with Crippen molar-refractivity contribution in [3.05, 3.63) is 96.4 Å². The lowest BCUT2D eigenvalue weighted by Crippen LogP contribution is -2.18. The number of amides is 1. The SMILES string of the molecule is O=C(Cn1cc(S(=O)(=O)Cc2cccc(F)c2)c2ccccc21)Nc1ccccc1. The van der Waals surface area contributed by atoms with Crippen LogP contribution in [0.2, 0.25) is 0 Å². The summed E-state index contributed by atoms with van der Waals surface area (Å²) < 4.78 is 41.3. The largest absolute Gasteiger partial charge is 0.337 e. The summed E-state index contributed by atoms with van der Waals surface area (Å²) in [7, 11) is -3.75. The predicted molar refractivity (Wildman–Crippen MR) is 114 cm³/mol. The van der Waals surface area contributed by atoms with E-state index in [1.807, 2.05) is 18.2 Å². The van der Waals surface area contributed by atoms with Gasteiger partial charge in [-0.15, -0.1) is 0 Å². The number of hydrogen-bond donors (Lipinski definition) is 1.